The van der Waals surface area contributed by atoms with Gasteiger partial charge in [0, 0.05) is 17.5 Å². The number of carbonyl (C=O) groups excluding carboxylic acids is 4. The van der Waals surface area contributed by atoms with E-state index in [1.165, 1.54) is 24.3 Å². The maximum atomic E-state index is 15.6. The Kier molecular flexibility index (Phi) is 5.92. The molecule has 1 saturated carbocycles. The van der Waals surface area contributed by atoms with Crippen molar-refractivity contribution in [3.8, 4) is 5.75 Å². The molecule has 4 amide bonds. The van der Waals surface area contributed by atoms with E-state index in [-0.39, 0.29) is 24.5 Å². The number of fused-ring (bicyclic) bond motifs is 1. The maximum absolute atomic E-state index is 15.6. The molecule has 1 saturated heterocycles. The van der Waals surface area contributed by atoms with Crippen LogP contribution in [0.2, 0.25) is 0 Å². The number of piperidine rings is 1. The van der Waals surface area contributed by atoms with Gasteiger partial charge in [-0.3, -0.25) is 24.5 Å². The number of ether oxygens (including phenoxy) is 1. The molecule has 2 heterocycles. The number of imide groups is 1. The summed E-state index contributed by atoms with van der Waals surface area (Å²) in [5.74, 6) is -7.32. The zero-order valence-corrected chi connectivity index (χ0v) is 19.2. The van der Waals surface area contributed by atoms with Crippen LogP contribution in [0, 0.1) is 5.82 Å². The van der Waals surface area contributed by atoms with E-state index in [2.05, 4.69) is 0 Å². The van der Waals surface area contributed by atoms with Gasteiger partial charge in [-0.05, 0) is 49.1 Å². The minimum absolute atomic E-state index is 0.00734. The number of primary amides is 1. The number of rotatable bonds is 6. The summed E-state index contributed by atoms with van der Waals surface area (Å²) in [7, 11) is 0. The topological polar surface area (TPSA) is 119 Å². The molecule has 3 atom stereocenters. The summed E-state index contributed by atoms with van der Waals surface area (Å²) < 4.78 is 65.5. The van der Waals surface area contributed by atoms with Crippen LogP contribution < -0.4 is 15.8 Å². The Morgan fingerprint density at radius 1 is 1.05 bits per heavy atom. The van der Waals surface area contributed by atoms with Crippen molar-refractivity contribution in [3.63, 3.8) is 0 Å². The summed E-state index contributed by atoms with van der Waals surface area (Å²) in [6.45, 7) is 0. The van der Waals surface area contributed by atoms with Gasteiger partial charge in [-0.1, -0.05) is 12.1 Å². The monoisotopic (exact) mass is 519 g/mol. The van der Waals surface area contributed by atoms with Crippen molar-refractivity contribution in [1.82, 2.24) is 10.2 Å². The van der Waals surface area contributed by atoms with Crippen molar-refractivity contribution in [2.75, 3.05) is 0 Å². The van der Waals surface area contributed by atoms with Gasteiger partial charge in [-0.15, -0.1) is 0 Å². The molecule has 8 nitrogen and oxygen atoms in total. The molecule has 0 bridgehead atoms. The van der Waals surface area contributed by atoms with Gasteiger partial charge in [-0.2, -0.15) is 13.2 Å². The van der Waals surface area contributed by atoms with Crippen molar-refractivity contribution in [1.29, 1.82) is 0 Å². The Balaban J connectivity index is 1.67. The normalized spacial score (nSPS) is 22.5. The summed E-state index contributed by atoms with van der Waals surface area (Å²) in [6, 6.07) is 3.51. The van der Waals surface area contributed by atoms with Crippen LogP contribution >= 0.6 is 0 Å². The molecule has 1 aliphatic carbocycles. The van der Waals surface area contributed by atoms with E-state index in [1.807, 2.05) is 5.32 Å². The number of amides is 4. The molecular weight excluding hydrogens is 498 g/mol. The predicted molar refractivity (Wildman–Crippen MR) is 119 cm³/mol. The average molecular weight is 519 g/mol. The zero-order chi connectivity index (χ0) is 26.6. The molecule has 0 aromatic heterocycles. The van der Waals surface area contributed by atoms with Crippen LogP contribution in [-0.2, 0) is 9.59 Å². The van der Waals surface area contributed by atoms with E-state index in [1.54, 1.807) is 0 Å². The molecule has 12 heteroatoms. The summed E-state index contributed by atoms with van der Waals surface area (Å²) in [6.07, 6.45) is -3.79. The van der Waals surface area contributed by atoms with E-state index in [0.29, 0.717) is 10.6 Å². The number of alkyl halides is 3. The first-order valence-corrected chi connectivity index (χ1v) is 11.6. The molecule has 37 heavy (non-hydrogen) atoms. The van der Waals surface area contributed by atoms with E-state index in [4.69, 9.17) is 10.5 Å². The fourth-order valence-corrected chi connectivity index (χ4v) is 4.96. The van der Waals surface area contributed by atoms with Crippen LogP contribution in [0.25, 0.3) is 0 Å². The zero-order valence-electron chi connectivity index (χ0n) is 19.2. The summed E-state index contributed by atoms with van der Waals surface area (Å²) in [5.41, 5.74) is 3.14. The van der Waals surface area contributed by atoms with Crippen molar-refractivity contribution in [2.24, 2.45) is 5.73 Å². The summed E-state index contributed by atoms with van der Waals surface area (Å²) >= 11 is 0. The van der Waals surface area contributed by atoms with Crippen LogP contribution in [-0.4, -0.2) is 46.9 Å². The Morgan fingerprint density at radius 2 is 1.73 bits per heavy atom. The first-order chi connectivity index (χ1) is 17.5. The molecule has 0 spiro atoms. The molecule has 3 N–H and O–H groups in total. The second kappa shape index (κ2) is 8.86. The molecule has 2 fully saturated rings. The number of halogens is 4. The fraction of sp³-hybridized carbons (Fsp3) is 0.360. The highest BCUT2D eigenvalue weighted by molar-refractivity contribution is 6.06. The van der Waals surface area contributed by atoms with Gasteiger partial charge >= 0.3 is 6.18 Å². The van der Waals surface area contributed by atoms with E-state index >= 15 is 4.39 Å². The molecule has 5 rings (SSSR count). The number of carbonyl (C=O) groups is 4. The Bertz CT molecular complexity index is 1310. The third-order valence-electron chi connectivity index (χ3n) is 6.79. The van der Waals surface area contributed by atoms with E-state index < -0.39 is 70.3 Å². The smallest absolute Gasteiger partial charge is 0.398 e. The fourth-order valence-electron chi connectivity index (χ4n) is 4.96. The van der Waals surface area contributed by atoms with Gasteiger partial charge < -0.3 is 15.4 Å². The average Bonchev–Trinajstić information content (AvgIpc) is 3.58. The standard InChI is InChI=1S/C25H21F4N3O5/c26-20-15(22(30)34)8-7-14-18(20)21(32(24(14)36)16-9-10-17(33)31-23(16)35)19(25(27,28)29)11-1-3-12(4-2-11)37-13-5-6-13/h1-4,7-8,13,16,19,21H,5-6,9-10H2,(H2,30,34)(H,31,33,35)/t16?,19-,21?/m1/s1. The Labute approximate surface area is 207 Å². The van der Waals surface area contributed by atoms with Crippen molar-refractivity contribution in [3.05, 3.63) is 64.5 Å². The molecule has 2 aromatic rings. The van der Waals surface area contributed by atoms with E-state index in [0.717, 1.165) is 25.0 Å². The van der Waals surface area contributed by atoms with Crippen LogP contribution in [0.1, 0.15) is 69.5 Å². The first kappa shape index (κ1) is 24.7. The highest BCUT2D eigenvalue weighted by Gasteiger charge is 2.57. The van der Waals surface area contributed by atoms with Crippen molar-refractivity contribution < 1.29 is 41.5 Å². The number of hydrogen-bond acceptors (Lipinski definition) is 5. The predicted octanol–water partition coefficient (Wildman–Crippen LogP) is 3.11. The van der Waals surface area contributed by atoms with Gasteiger partial charge in [0.2, 0.25) is 11.8 Å². The molecule has 2 aromatic carbocycles. The lowest BCUT2D eigenvalue weighted by atomic mass is 9.84. The van der Waals surface area contributed by atoms with E-state index in [9.17, 15) is 32.3 Å². The van der Waals surface area contributed by atoms with Gasteiger partial charge in [-0.25, -0.2) is 4.39 Å². The van der Waals surface area contributed by atoms with Crippen molar-refractivity contribution in [2.45, 2.75) is 56.0 Å². The highest BCUT2D eigenvalue weighted by atomic mass is 19.4. The Morgan fingerprint density at radius 3 is 2.30 bits per heavy atom. The van der Waals surface area contributed by atoms with Crippen LogP contribution in [0.3, 0.4) is 0 Å². The number of benzene rings is 2. The maximum Gasteiger partial charge on any atom is 0.398 e. The molecule has 3 aliphatic rings. The third-order valence-corrected chi connectivity index (χ3v) is 6.79. The Hall–Kier alpha value is -3.96. The lowest BCUT2D eigenvalue weighted by Gasteiger charge is -2.39. The van der Waals surface area contributed by atoms with Gasteiger partial charge in [0.1, 0.15) is 23.5 Å². The van der Waals surface area contributed by atoms with Gasteiger partial charge in [0.05, 0.1) is 17.7 Å². The minimum Gasteiger partial charge on any atom is -0.490 e. The second-order valence-electron chi connectivity index (χ2n) is 9.28. The lowest BCUT2D eigenvalue weighted by Crippen LogP contribution is -2.54. The number of nitrogens with two attached hydrogens (primary N) is 1. The largest absolute Gasteiger partial charge is 0.490 e. The molecule has 0 radical (unpaired) electrons. The summed E-state index contributed by atoms with van der Waals surface area (Å²) in [5, 5.41) is 2.03. The van der Waals surface area contributed by atoms with Crippen LogP contribution in [0.15, 0.2) is 36.4 Å². The number of hydrogen-bond donors (Lipinski definition) is 2. The van der Waals surface area contributed by atoms with Crippen LogP contribution in [0.4, 0.5) is 17.6 Å². The molecule has 2 aliphatic heterocycles. The van der Waals surface area contributed by atoms with Gasteiger partial charge in [0.25, 0.3) is 11.8 Å². The number of nitrogens with one attached hydrogen (secondary N) is 1. The highest BCUT2D eigenvalue weighted by Crippen LogP contribution is 2.53. The SMILES string of the molecule is NC(=O)c1ccc2c(c1F)C([C@@H](c1ccc(OC3CC3)cc1)C(F)(F)F)N(C1CCC(=O)NC1=O)C2=O. The molecule has 2 unspecified atom stereocenters. The quantitative estimate of drug-likeness (QED) is 0.449. The van der Waals surface area contributed by atoms with Crippen molar-refractivity contribution >= 4 is 23.6 Å². The summed E-state index contributed by atoms with van der Waals surface area (Å²) in [4.78, 5) is 50.2. The number of nitrogens with zero attached hydrogens (tertiary/aromatic N) is 1. The molecule has 194 valence electrons. The van der Waals surface area contributed by atoms with Crippen LogP contribution in [0.5, 0.6) is 5.75 Å². The molecular formula is C25H21F4N3O5. The second-order valence-corrected chi connectivity index (χ2v) is 9.28. The van der Waals surface area contributed by atoms with Gasteiger partial charge in [0.15, 0.2) is 0 Å². The minimum atomic E-state index is -5.01. The first-order valence-electron chi connectivity index (χ1n) is 11.6. The third kappa shape index (κ3) is 4.40. The lowest BCUT2D eigenvalue weighted by molar-refractivity contribution is -0.167.